The Kier molecular flexibility index (Phi) is 4.52. The molecule has 0 bridgehead atoms. The molecule has 0 radical (unpaired) electrons. The van der Waals surface area contributed by atoms with E-state index in [0.717, 1.165) is 0 Å². The second kappa shape index (κ2) is 6.33. The van der Waals surface area contributed by atoms with Crippen molar-refractivity contribution in [1.82, 2.24) is 4.57 Å². The smallest absolute Gasteiger partial charge is 0.252 e. The van der Waals surface area contributed by atoms with Gasteiger partial charge in [0.15, 0.2) is 9.84 Å². The zero-order chi connectivity index (χ0) is 17.5. The van der Waals surface area contributed by atoms with Crippen molar-refractivity contribution in [2.45, 2.75) is 23.8 Å². The highest BCUT2D eigenvalue weighted by Crippen LogP contribution is 2.33. The molecule has 0 atom stereocenters. The molecule has 1 aromatic carbocycles. The van der Waals surface area contributed by atoms with Crippen molar-refractivity contribution in [2.75, 3.05) is 5.32 Å². The summed E-state index contributed by atoms with van der Waals surface area (Å²) in [7, 11) is -1.70. The van der Waals surface area contributed by atoms with Gasteiger partial charge in [-0.3, -0.25) is 4.79 Å². The topological polar surface area (TPSA) is 68.2 Å². The molecule has 0 spiro atoms. The summed E-state index contributed by atoms with van der Waals surface area (Å²) >= 11 is 3.18. The van der Waals surface area contributed by atoms with E-state index in [9.17, 15) is 17.6 Å². The van der Waals surface area contributed by atoms with Crippen molar-refractivity contribution in [3.8, 4) is 0 Å². The summed E-state index contributed by atoms with van der Waals surface area (Å²) in [6.45, 7) is 0. The molecular weight excluding hydrogens is 399 g/mol. The Bertz CT molecular complexity index is 952. The Morgan fingerprint density at radius 1 is 1.29 bits per heavy atom. The molecule has 5 nitrogen and oxygen atoms in total. The van der Waals surface area contributed by atoms with Gasteiger partial charge in [0.2, 0.25) is 0 Å². The molecule has 1 aliphatic carbocycles. The van der Waals surface area contributed by atoms with Gasteiger partial charge in [0.25, 0.3) is 5.56 Å². The van der Waals surface area contributed by atoms with E-state index in [1.54, 1.807) is 13.1 Å². The maximum atomic E-state index is 14.0. The molecule has 0 amide bonds. The summed E-state index contributed by atoms with van der Waals surface area (Å²) < 4.78 is 40.5. The van der Waals surface area contributed by atoms with Gasteiger partial charge in [-0.25, -0.2) is 12.8 Å². The van der Waals surface area contributed by atoms with Crippen LogP contribution in [0.25, 0.3) is 0 Å². The highest BCUT2D eigenvalue weighted by molar-refractivity contribution is 9.10. The first kappa shape index (κ1) is 17.2. The van der Waals surface area contributed by atoms with Gasteiger partial charge in [-0.15, -0.1) is 0 Å². The number of nitrogens with one attached hydrogen (secondary N) is 1. The maximum Gasteiger partial charge on any atom is 0.252 e. The van der Waals surface area contributed by atoms with Crippen LogP contribution in [-0.4, -0.2) is 18.2 Å². The summed E-state index contributed by atoms with van der Waals surface area (Å²) in [5.74, 6) is -0.673. The molecule has 128 valence electrons. The number of pyridine rings is 1. The van der Waals surface area contributed by atoms with Gasteiger partial charge in [-0.2, -0.15) is 0 Å². The number of hydrogen-bond donors (Lipinski definition) is 1. The Balaban J connectivity index is 1.99. The standard InChI is InChI=1S/C16H16BrFN2O3S/c1-20-8-10(9-24(22,23)12-3-4-12)15(7-16(20)21)19-14-5-2-11(17)6-13(14)18/h2,5-8,12,19H,3-4,9H2,1H3. The van der Waals surface area contributed by atoms with Crippen molar-refractivity contribution in [3.05, 3.63) is 56.7 Å². The Hall–Kier alpha value is -1.67. The van der Waals surface area contributed by atoms with Crippen LogP contribution in [0, 0.1) is 5.82 Å². The average Bonchev–Trinajstić information content (AvgIpc) is 3.32. The van der Waals surface area contributed by atoms with Crippen molar-refractivity contribution >= 4 is 37.1 Å². The van der Waals surface area contributed by atoms with E-state index in [-0.39, 0.29) is 22.2 Å². The van der Waals surface area contributed by atoms with Gasteiger partial charge in [0.05, 0.1) is 16.7 Å². The quantitative estimate of drug-likeness (QED) is 0.815. The van der Waals surface area contributed by atoms with Gasteiger partial charge >= 0.3 is 0 Å². The predicted molar refractivity (Wildman–Crippen MR) is 94.7 cm³/mol. The van der Waals surface area contributed by atoms with Gasteiger partial charge < -0.3 is 9.88 Å². The fourth-order valence-electron chi connectivity index (χ4n) is 2.41. The molecule has 8 heteroatoms. The largest absolute Gasteiger partial charge is 0.353 e. The molecule has 1 N–H and O–H groups in total. The second-order valence-electron chi connectivity index (χ2n) is 5.92. The van der Waals surface area contributed by atoms with Gasteiger partial charge in [0, 0.05) is 35.0 Å². The zero-order valence-corrected chi connectivity index (χ0v) is 15.3. The molecule has 24 heavy (non-hydrogen) atoms. The normalized spacial score (nSPS) is 14.6. The molecule has 1 heterocycles. The van der Waals surface area contributed by atoms with Crippen LogP contribution in [0.4, 0.5) is 15.8 Å². The van der Waals surface area contributed by atoms with E-state index in [1.807, 2.05) is 0 Å². The number of aromatic nitrogens is 1. The third-order valence-corrected chi connectivity index (χ3v) is 6.59. The van der Waals surface area contributed by atoms with Crippen molar-refractivity contribution in [2.24, 2.45) is 7.05 Å². The molecule has 3 rings (SSSR count). The molecule has 0 saturated heterocycles. The lowest BCUT2D eigenvalue weighted by molar-refractivity contribution is 0.593. The number of benzene rings is 1. The molecule has 1 aliphatic rings. The monoisotopic (exact) mass is 414 g/mol. The van der Waals surface area contributed by atoms with Gasteiger partial charge in [-0.05, 0) is 31.0 Å². The highest BCUT2D eigenvalue weighted by Gasteiger charge is 2.36. The lowest BCUT2D eigenvalue weighted by Gasteiger charge is -2.14. The maximum absolute atomic E-state index is 14.0. The molecule has 0 unspecified atom stereocenters. The van der Waals surface area contributed by atoms with E-state index >= 15 is 0 Å². The van der Waals surface area contributed by atoms with E-state index in [4.69, 9.17) is 0 Å². The van der Waals surface area contributed by atoms with Crippen LogP contribution in [0.5, 0.6) is 0 Å². The lowest BCUT2D eigenvalue weighted by Crippen LogP contribution is -2.19. The minimum atomic E-state index is -3.26. The number of sulfone groups is 1. The average molecular weight is 415 g/mol. The Morgan fingerprint density at radius 3 is 2.62 bits per heavy atom. The summed E-state index contributed by atoms with van der Waals surface area (Å²) in [6.07, 6.45) is 2.84. The summed E-state index contributed by atoms with van der Waals surface area (Å²) in [4.78, 5) is 11.9. The van der Waals surface area contributed by atoms with Gasteiger partial charge in [-0.1, -0.05) is 15.9 Å². The molecule has 1 aromatic heterocycles. The second-order valence-corrected chi connectivity index (χ2v) is 9.11. The van der Waals surface area contributed by atoms with E-state index in [2.05, 4.69) is 21.2 Å². The van der Waals surface area contributed by atoms with E-state index in [0.29, 0.717) is 28.6 Å². The fourth-order valence-corrected chi connectivity index (χ4v) is 4.50. The van der Waals surface area contributed by atoms with Crippen LogP contribution in [0.1, 0.15) is 18.4 Å². The Morgan fingerprint density at radius 2 is 2.00 bits per heavy atom. The van der Waals surface area contributed by atoms with Crippen LogP contribution < -0.4 is 10.9 Å². The summed E-state index contributed by atoms with van der Waals surface area (Å²) in [6, 6.07) is 5.77. The Labute approximate surface area is 147 Å². The first-order valence-electron chi connectivity index (χ1n) is 7.39. The third kappa shape index (κ3) is 3.70. The van der Waals surface area contributed by atoms with Crippen LogP contribution in [-0.2, 0) is 22.6 Å². The predicted octanol–water partition coefficient (Wildman–Crippen LogP) is 3.11. The lowest BCUT2D eigenvalue weighted by atomic mass is 10.2. The summed E-state index contributed by atoms with van der Waals surface area (Å²) in [5, 5.41) is 2.55. The number of rotatable bonds is 5. The SMILES string of the molecule is Cn1cc(CS(=O)(=O)C2CC2)c(Nc2ccc(Br)cc2F)cc1=O. The van der Waals surface area contributed by atoms with Crippen LogP contribution in [0.2, 0.25) is 0 Å². The summed E-state index contributed by atoms with van der Waals surface area (Å²) in [5.41, 5.74) is 0.633. The minimum absolute atomic E-state index is 0.174. The number of aryl methyl sites for hydroxylation is 1. The highest BCUT2D eigenvalue weighted by atomic mass is 79.9. The number of anilines is 2. The first-order chi connectivity index (χ1) is 11.3. The van der Waals surface area contributed by atoms with E-state index in [1.165, 1.54) is 29.0 Å². The van der Waals surface area contributed by atoms with Crippen LogP contribution >= 0.6 is 15.9 Å². The molecule has 2 aromatic rings. The molecular formula is C16H16BrFN2O3S. The van der Waals surface area contributed by atoms with Crippen molar-refractivity contribution in [3.63, 3.8) is 0 Å². The fraction of sp³-hybridized carbons (Fsp3) is 0.312. The van der Waals surface area contributed by atoms with Crippen molar-refractivity contribution < 1.29 is 12.8 Å². The zero-order valence-electron chi connectivity index (χ0n) is 12.9. The first-order valence-corrected chi connectivity index (χ1v) is 9.90. The molecule has 0 aliphatic heterocycles. The molecule has 1 fully saturated rings. The third-order valence-electron chi connectivity index (χ3n) is 3.90. The number of hydrogen-bond acceptors (Lipinski definition) is 4. The van der Waals surface area contributed by atoms with Crippen molar-refractivity contribution in [1.29, 1.82) is 0 Å². The van der Waals surface area contributed by atoms with E-state index < -0.39 is 15.7 Å². The number of halogens is 2. The minimum Gasteiger partial charge on any atom is -0.353 e. The number of nitrogens with zero attached hydrogens (tertiary/aromatic N) is 1. The molecule has 1 saturated carbocycles. The van der Waals surface area contributed by atoms with Gasteiger partial charge in [0.1, 0.15) is 5.82 Å². The van der Waals surface area contributed by atoms with Crippen LogP contribution in [0.3, 0.4) is 0 Å². The van der Waals surface area contributed by atoms with Crippen LogP contribution in [0.15, 0.2) is 39.7 Å².